The van der Waals surface area contributed by atoms with Gasteiger partial charge in [0.1, 0.15) is 18.2 Å². The van der Waals surface area contributed by atoms with Crippen LogP contribution >= 0.6 is 11.6 Å². The second-order valence-electron chi connectivity index (χ2n) is 7.31. The first kappa shape index (κ1) is 20.2. The molecule has 1 saturated heterocycles. The van der Waals surface area contributed by atoms with E-state index in [9.17, 15) is 4.79 Å². The molecule has 154 valence electrons. The van der Waals surface area contributed by atoms with Crippen molar-refractivity contribution in [1.82, 2.24) is 10.3 Å². The van der Waals surface area contributed by atoms with Gasteiger partial charge in [0, 0.05) is 30.9 Å². The average Bonchev–Trinajstić information content (AvgIpc) is 3.33. The largest absolute Gasteiger partial charge is 0.488 e. The molecule has 0 saturated carbocycles. The molecule has 1 amide bonds. The lowest BCUT2D eigenvalue weighted by Crippen LogP contribution is -2.24. The van der Waals surface area contributed by atoms with E-state index in [4.69, 9.17) is 16.3 Å². The lowest BCUT2D eigenvalue weighted by molar-refractivity contribution is 0.0946. The van der Waals surface area contributed by atoms with Crippen molar-refractivity contribution in [3.8, 4) is 5.75 Å². The summed E-state index contributed by atoms with van der Waals surface area (Å²) in [4.78, 5) is 19.6. The molecule has 0 bridgehead atoms. The second kappa shape index (κ2) is 9.63. The number of amides is 1. The predicted octanol–water partition coefficient (Wildman–Crippen LogP) is 4.84. The Morgan fingerprint density at radius 2 is 1.73 bits per heavy atom. The monoisotopic (exact) mass is 421 g/mol. The highest BCUT2D eigenvalue weighted by atomic mass is 35.5. The van der Waals surface area contributed by atoms with Crippen molar-refractivity contribution in [1.29, 1.82) is 0 Å². The number of hydrogen-bond donors (Lipinski definition) is 1. The molecule has 1 aliphatic heterocycles. The first-order valence-electron chi connectivity index (χ1n) is 10.1. The van der Waals surface area contributed by atoms with E-state index in [1.807, 2.05) is 54.7 Å². The average molecular weight is 422 g/mol. The van der Waals surface area contributed by atoms with Gasteiger partial charge in [-0.15, -0.1) is 0 Å². The molecule has 0 aliphatic carbocycles. The Labute approximate surface area is 181 Å². The summed E-state index contributed by atoms with van der Waals surface area (Å²) in [6.45, 7) is 2.91. The number of nitrogens with one attached hydrogen (secondary N) is 1. The number of para-hydroxylation sites is 1. The van der Waals surface area contributed by atoms with E-state index < -0.39 is 0 Å². The summed E-state index contributed by atoms with van der Waals surface area (Å²) >= 11 is 5.92. The molecule has 0 unspecified atom stereocenters. The molecule has 5 nitrogen and oxygen atoms in total. The van der Waals surface area contributed by atoms with Crippen LogP contribution in [0.15, 0.2) is 66.9 Å². The minimum atomic E-state index is -0.176. The quantitative estimate of drug-likeness (QED) is 0.592. The molecule has 0 spiro atoms. The van der Waals surface area contributed by atoms with Crippen LogP contribution in [0.1, 0.15) is 34.3 Å². The standard InChI is InChI=1S/C24H24ClN3O2/c25-20-10-7-18(8-11-20)17-30-22-6-2-1-5-21(22)24(29)27-16-19-9-12-23(26-15-19)28-13-3-4-14-28/h1-2,5-12,15H,3-4,13-14,16-17H2,(H,27,29). The molecule has 3 aromatic rings. The number of anilines is 1. The van der Waals surface area contributed by atoms with Gasteiger partial charge >= 0.3 is 0 Å². The molecule has 1 N–H and O–H groups in total. The van der Waals surface area contributed by atoms with Gasteiger partial charge in [-0.2, -0.15) is 0 Å². The highest BCUT2D eigenvalue weighted by Gasteiger charge is 2.14. The Bertz CT molecular complexity index is 984. The summed E-state index contributed by atoms with van der Waals surface area (Å²) < 4.78 is 5.89. The summed E-state index contributed by atoms with van der Waals surface area (Å²) in [7, 11) is 0. The van der Waals surface area contributed by atoms with E-state index in [1.165, 1.54) is 12.8 Å². The van der Waals surface area contributed by atoms with E-state index in [1.54, 1.807) is 12.1 Å². The topological polar surface area (TPSA) is 54.5 Å². The molecule has 1 aliphatic rings. The zero-order valence-corrected chi connectivity index (χ0v) is 17.4. The molecule has 1 aromatic heterocycles. The van der Waals surface area contributed by atoms with Gasteiger partial charge in [0.25, 0.3) is 5.91 Å². The number of carbonyl (C=O) groups is 1. The number of pyridine rings is 1. The van der Waals surface area contributed by atoms with Crippen LogP contribution in [0.3, 0.4) is 0 Å². The third kappa shape index (κ3) is 5.10. The van der Waals surface area contributed by atoms with Gasteiger partial charge in [-0.3, -0.25) is 4.79 Å². The smallest absolute Gasteiger partial charge is 0.255 e. The SMILES string of the molecule is O=C(NCc1ccc(N2CCCC2)nc1)c1ccccc1OCc1ccc(Cl)cc1. The van der Waals surface area contributed by atoms with Crippen LogP contribution in [0.4, 0.5) is 5.82 Å². The molecule has 2 heterocycles. The van der Waals surface area contributed by atoms with Crippen LogP contribution in [0.5, 0.6) is 5.75 Å². The van der Waals surface area contributed by atoms with E-state index in [2.05, 4.69) is 15.2 Å². The van der Waals surface area contributed by atoms with Crippen molar-refractivity contribution < 1.29 is 9.53 Å². The Morgan fingerprint density at radius 3 is 2.47 bits per heavy atom. The van der Waals surface area contributed by atoms with Crippen molar-refractivity contribution in [2.45, 2.75) is 26.0 Å². The van der Waals surface area contributed by atoms with Gasteiger partial charge < -0.3 is 15.0 Å². The van der Waals surface area contributed by atoms with E-state index in [0.717, 1.165) is 30.0 Å². The Balaban J connectivity index is 1.35. The zero-order chi connectivity index (χ0) is 20.8. The fourth-order valence-electron chi connectivity index (χ4n) is 3.45. The van der Waals surface area contributed by atoms with Gasteiger partial charge in [-0.25, -0.2) is 4.98 Å². The van der Waals surface area contributed by atoms with E-state index in [0.29, 0.717) is 29.5 Å². The lowest BCUT2D eigenvalue weighted by atomic mass is 10.1. The Kier molecular flexibility index (Phi) is 6.50. The maximum absolute atomic E-state index is 12.7. The molecule has 0 atom stereocenters. The minimum Gasteiger partial charge on any atom is -0.488 e. The van der Waals surface area contributed by atoms with Gasteiger partial charge in [-0.1, -0.05) is 41.9 Å². The molecule has 4 rings (SSSR count). The summed E-state index contributed by atoms with van der Waals surface area (Å²) in [6, 6.07) is 18.8. The van der Waals surface area contributed by atoms with Gasteiger partial charge in [0.05, 0.1) is 5.56 Å². The highest BCUT2D eigenvalue weighted by molar-refractivity contribution is 6.30. The van der Waals surface area contributed by atoms with Crippen molar-refractivity contribution in [3.63, 3.8) is 0 Å². The first-order chi connectivity index (χ1) is 14.7. The normalized spacial score (nSPS) is 13.3. The van der Waals surface area contributed by atoms with Crippen molar-refractivity contribution in [2.75, 3.05) is 18.0 Å². The number of halogens is 1. The number of benzene rings is 2. The van der Waals surface area contributed by atoms with Crippen LogP contribution in [0, 0.1) is 0 Å². The van der Waals surface area contributed by atoms with Gasteiger partial charge in [0.2, 0.25) is 0 Å². The summed E-state index contributed by atoms with van der Waals surface area (Å²) in [5.41, 5.74) is 2.46. The van der Waals surface area contributed by atoms with Crippen LogP contribution < -0.4 is 15.0 Å². The number of carbonyl (C=O) groups excluding carboxylic acids is 1. The third-order valence-electron chi connectivity index (χ3n) is 5.13. The third-order valence-corrected chi connectivity index (χ3v) is 5.38. The van der Waals surface area contributed by atoms with Gasteiger partial charge in [-0.05, 0) is 54.3 Å². The van der Waals surface area contributed by atoms with Crippen molar-refractivity contribution in [3.05, 3.63) is 88.6 Å². The molecular weight excluding hydrogens is 398 g/mol. The Morgan fingerprint density at radius 1 is 1.00 bits per heavy atom. The van der Waals surface area contributed by atoms with E-state index >= 15 is 0 Å². The summed E-state index contributed by atoms with van der Waals surface area (Å²) in [6.07, 6.45) is 4.27. The zero-order valence-electron chi connectivity index (χ0n) is 16.7. The van der Waals surface area contributed by atoms with E-state index in [-0.39, 0.29) is 5.91 Å². The van der Waals surface area contributed by atoms with Gasteiger partial charge in [0.15, 0.2) is 0 Å². The van der Waals surface area contributed by atoms with Crippen molar-refractivity contribution >= 4 is 23.3 Å². The van der Waals surface area contributed by atoms with Crippen LogP contribution in [0.2, 0.25) is 5.02 Å². The fraction of sp³-hybridized carbons (Fsp3) is 0.250. The van der Waals surface area contributed by atoms with Crippen molar-refractivity contribution in [2.24, 2.45) is 0 Å². The number of nitrogens with zero attached hydrogens (tertiary/aromatic N) is 2. The molecular formula is C24H24ClN3O2. The molecule has 2 aromatic carbocycles. The lowest BCUT2D eigenvalue weighted by Gasteiger charge is -2.16. The maximum atomic E-state index is 12.7. The summed E-state index contributed by atoms with van der Waals surface area (Å²) in [5.74, 6) is 1.38. The Hall–Kier alpha value is -3.05. The predicted molar refractivity (Wildman–Crippen MR) is 119 cm³/mol. The maximum Gasteiger partial charge on any atom is 0.255 e. The number of aromatic nitrogens is 1. The molecule has 1 fully saturated rings. The number of hydrogen-bond acceptors (Lipinski definition) is 4. The molecule has 30 heavy (non-hydrogen) atoms. The highest BCUT2D eigenvalue weighted by Crippen LogP contribution is 2.21. The summed E-state index contributed by atoms with van der Waals surface area (Å²) in [5, 5.41) is 3.64. The minimum absolute atomic E-state index is 0.176. The number of rotatable bonds is 7. The second-order valence-corrected chi connectivity index (χ2v) is 7.75. The van der Waals surface area contributed by atoms with Crippen LogP contribution in [0.25, 0.3) is 0 Å². The first-order valence-corrected chi connectivity index (χ1v) is 10.5. The molecule has 0 radical (unpaired) electrons. The molecule has 6 heteroatoms. The van der Waals surface area contributed by atoms with Crippen LogP contribution in [-0.4, -0.2) is 24.0 Å². The van der Waals surface area contributed by atoms with Crippen LogP contribution in [-0.2, 0) is 13.2 Å². The fourth-order valence-corrected chi connectivity index (χ4v) is 3.58. The number of ether oxygens (including phenoxy) is 1.